The minimum Gasteiger partial charge on any atom is -0.497 e. The number of nitrogens with one attached hydrogen (secondary N) is 1. The Hall–Kier alpha value is -2.87. The normalized spacial score (nSPS) is 20.2. The maximum Gasteiger partial charge on any atom is 0.285 e. The van der Waals surface area contributed by atoms with Crippen molar-refractivity contribution in [2.24, 2.45) is 10.3 Å². The average molecular weight is 399 g/mol. The first-order chi connectivity index (χ1) is 13.5. The SMILES string of the molecule is COc1cccc(NC(=O)C2CCCN(C3=NS(=O)(=O)c4ccccc43)C2)c1. The van der Waals surface area contributed by atoms with Crippen LogP contribution in [0.15, 0.2) is 57.8 Å². The summed E-state index contributed by atoms with van der Waals surface area (Å²) in [6, 6.07) is 14.0. The zero-order valence-electron chi connectivity index (χ0n) is 15.5. The van der Waals surface area contributed by atoms with Crippen molar-refractivity contribution in [2.75, 3.05) is 25.5 Å². The molecule has 0 spiro atoms. The number of piperidine rings is 1. The van der Waals surface area contributed by atoms with Gasteiger partial charge in [-0.25, -0.2) is 0 Å². The summed E-state index contributed by atoms with van der Waals surface area (Å²) in [5, 5.41) is 2.93. The number of hydrogen-bond acceptors (Lipinski definition) is 5. The lowest BCUT2D eigenvalue weighted by Crippen LogP contribution is -2.43. The van der Waals surface area contributed by atoms with Gasteiger partial charge in [0, 0.05) is 30.4 Å². The van der Waals surface area contributed by atoms with E-state index in [2.05, 4.69) is 9.71 Å². The molecule has 1 saturated heterocycles. The van der Waals surface area contributed by atoms with E-state index in [9.17, 15) is 13.2 Å². The lowest BCUT2D eigenvalue weighted by atomic mass is 9.96. The lowest BCUT2D eigenvalue weighted by molar-refractivity contribution is -0.121. The number of likely N-dealkylation sites (tertiary alicyclic amines) is 1. The van der Waals surface area contributed by atoms with E-state index >= 15 is 0 Å². The number of nitrogens with zero attached hydrogens (tertiary/aromatic N) is 2. The number of benzene rings is 2. The highest BCUT2D eigenvalue weighted by molar-refractivity contribution is 7.90. The molecule has 2 aliphatic heterocycles. The van der Waals surface area contributed by atoms with Gasteiger partial charge in [-0.1, -0.05) is 18.2 Å². The van der Waals surface area contributed by atoms with Crippen LogP contribution in [0.5, 0.6) is 5.75 Å². The van der Waals surface area contributed by atoms with Crippen LogP contribution in [0.2, 0.25) is 0 Å². The fraction of sp³-hybridized carbons (Fsp3) is 0.300. The molecule has 0 aromatic heterocycles. The molecule has 146 valence electrons. The van der Waals surface area contributed by atoms with E-state index < -0.39 is 10.0 Å². The fourth-order valence-corrected chi connectivity index (χ4v) is 4.87. The van der Waals surface area contributed by atoms with E-state index in [0.717, 1.165) is 12.8 Å². The Bertz CT molecular complexity index is 1050. The number of rotatable bonds is 3. The Labute approximate surface area is 164 Å². The second-order valence-electron chi connectivity index (χ2n) is 6.89. The number of carbonyl (C=O) groups is 1. The quantitative estimate of drug-likeness (QED) is 0.857. The Morgan fingerprint density at radius 2 is 2.04 bits per heavy atom. The second kappa shape index (κ2) is 7.27. The van der Waals surface area contributed by atoms with E-state index in [0.29, 0.717) is 35.9 Å². The molecule has 2 aliphatic rings. The van der Waals surface area contributed by atoms with E-state index in [4.69, 9.17) is 4.74 Å². The monoisotopic (exact) mass is 399 g/mol. The molecule has 1 fully saturated rings. The topological polar surface area (TPSA) is 88.1 Å². The summed E-state index contributed by atoms with van der Waals surface area (Å²) >= 11 is 0. The molecule has 8 heteroatoms. The van der Waals surface area contributed by atoms with Gasteiger partial charge in [-0.2, -0.15) is 8.42 Å². The van der Waals surface area contributed by atoms with Gasteiger partial charge in [0.15, 0.2) is 5.84 Å². The second-order valence-corrected chi connectivity index (χ2v) is 8.47. The predicted molar refractivity (Wildman–Crippen MR) is 106 cm³/mol. The maximum absolute atomic E-state index is 12.8. The summed E-state index contributed by atoms with van der Waals surface area (Å²) in [6.45, 7) is 1.10. The van der Waals surface area contributed by atoms with Crippen LogP contribution in [0, 0.1) is 5.92 Å². The Balaban J connectivity index is 1.51. The number of anilines is 1. The Kier molecular flexibility index (Phi) is 4.80. The van der Waals surface area contributed by atoms with Crippen molar-refractivity contribution in [1.29, 1.82) is 0 Å². The van der Waals surface area contributed by atoms with E-state index in [-0.39, 0.29) is 16.7 Å². The number of methoxy groups -OCH3 is 1. The number of amides is 1. The third-order valence-electron chi connectivity index (χ3n) is 5.04. The highest BCUT2D eigenvalue weighted by Crippen LogP contribution is 2.30. The van der Waals surface area contributed by atoms with E-state index in [1.165, 1.54) is 0 Å². The van der Waals surface area contributed by atoms with Gasteiger partial charge in [0.25, 0.3) is 10.0 Å². The minimum absolute atomic E-state index is 0.0901. The Morgan fingerprint density at radius 1 is 1.21 bits per heavy atom. The van der Waals surface area contributed by atoms with Crippen LogP contribution in [0.4, 0.5) is 5.69 Å². The zero-order valence-corrected chi connectivity index (χ0v) is 16.3. The molecular weight excluding hydrogens is 378 g/mol. The molecule has 1 unspecified atom stereocenters. The van der Waals surface area contributed by atoms with Crippen molar-refractivity contribution in [3.05, 3.63) is 54.1 Å². The number of carbonyl (C=O) groups excluding carboxylic acids is 1. The molecule has 1 atom stereocenters. The summed E-state index contributed by atoms with van der Waals surface area (Å²) in [7, 11) is -2.09. The van der Waals surface area contributed by atoms with Gasteiger partial charge in [0.05, 0.1) is 13.0 Å². The highest BCUT2D eigenvalue weighted by Gasteiger charge is 2.35. The van der Waals surface area contributed by atoms with Gasteiger partial charge in [-0.3, -0.25) is 4.79 Å². The molecule has 2 heterocycles. The molecule has 2 aromatic carbocycles. The largest absolute Gasteiger partial charge is 0.497 e. The maximum atomic E-state index is 12.8. The number of sulfonamides is 1. The predicted octanol–water partition coefficient (Wildman–Crippen LogP) is 2.49. The van der Waals surface area contributed by atoms with Crippen molar-refractivity contribution in [3.63, 3.8) is 0 Å². The third kappa shape index (κ3) is 3.47. The number of ether oxygens (including phenoxy) is 1. The zero-order chi connectivity index (χ0) is 19.7. The molecule has 4 rings (SSSR count). The van der Waals surface area contributed by atoms with Gasteiger partial charge >= 0.3 is 0 Å². The van der Waals surface area contributed by atoms with Crippen molar-refractivity contribution in [1.82, 2.24) is 4.90 Å². The average Bonchev–Trinajstić information content (AvgIpc) is 2.99. The standard InChI is InChI=1S/C20H21N3O4S/c1-27-16-8-4-7-15(12-16)21-20(24)14-6-5-11-23(13-14)19-17-9-2-3-10-18(17)28(25,26)22-19/h2-4,7-10,12,14H,5-6,11,13H2,1H3,(H,21,24). The van der Waals surface area contributed by atoms with Crippen LogP contribution >= 0.6 is 0 Å². The van der Waals surface area contributed by atoms with Gasteiger partial charge < -0.3 is 15.0 Å². The molecule has 1 N–H and O–H groups in total. The molecule has 0 aliphatic carbocycles. The summed E-state index contributed by atoms with van der Waals surface area (Å²) in [5.41, 5.74) is 1.28. The molecule has 0 radical (unpaired) electrons. The molecule has 2 aromatic rings. The van der Waals surface area contributed by atoms with Gasteiger partial charge in [-0.05, 0) is 37.1 Å². The first-order valence-electron chi connectivity index (χ1n) is 9.12. The summed E-state index contributed by atoms with van der Waals surface area (Å²) in [6.07, 6.45) is 1.53. The Morgan fingerprint density at radius 3 is 2.86 bits per heavy atom. The van der Waals surface area contributed by atoms with Crippen LogP contribution < -0.4 is 10.1 Å². The number of amidine groups is 1. The van der Waals surface area contributed by atoms with Crippen molar-refractivity contribution < 1.29 is 17.9 Å². The fourth-order valence-electron chi connectivity index (χ4n) is 3.65. The highest BCUT2D eigenvalue weighted by atomic mass is 32.2. The van der Waals surface area contributed by atoms with Crippen LogP contribution in [-0.2, 0) is 14.8 Å². The first-order valence-corrected chi connectivity index (χ1v) is 10.6. The molecular formula is C20H21N3O4S. The third-order valence-corrected chi connectivity index (χ3v) is 6.37. The molecule has 1 amide bonds. The van der Waals surface area contributed by atoms with Crippen molar-refractivity contribution >= 4 is 27.5 Å². The van der Waals surface area contributed by atoms with Crippen molar-refractivity contribution in [2.45, 2.75) is 17.7 Å². The molecule has 0 bridgehead atoms. The van der Waals surface area contributed by atoms with Gasteiger partial charge in [0.1, 0.15) is 10.6 Å². The minimum atomic E-state index is -3.67. The lowest BCUT2D eigenvalue weighted by Gasteiger charge is -2.33. The summed E-state index contributed by atoms with van der Waals surface area (Å²) in [5.74, 6) is 0.769. The summed E-state index contributed by atoms with van der Waals surface area (Å²) < 4.78 is 33.8. The van der Waals surface area contributed by atoms with Crippen molar-refractivity contribution in [3.8, 4) is 5.75 Å². The number of hydrogen-bond donors (Lipinski definition) is 1. The van der Waals surface area contributed by atoms with Crippen LogP contribution in [-0.4, -0.2) is 45.3 Å². The van der Waals surface area contributed by atoms with E-state index in [1.54, 1.807) is 37.4 Å². The summed E-state index contributed by atoms with van der Waals surface area (Å²) in [4.78, 5) is 14.9. The van der Waals surface area contributed by atoms with Crippen LogP contribution in [0.25, 0.3) is 0 Å². The molecule has 28 heavy (non-hydrogen) atoms. The molecule has 0 saturated carbocycles. The smallest absolute Gasteiger partial charge is 0.285 e. The van der Waals surface area contributed by atoms with Gasteiger partial charge in [-0.15, -0.1) is 4.40 Å². The van der Waals surface area contributed by atoms with Crippen LogP contribution in [0.1, 0.15) is 18.4 Å². The number of fused-ring (bicyclic) bond motifs is 1. The van der Waals surface area contributed by atoms with Crippen LogP contribution in [0.3, 0.4) is 0 Å². The van der Waals surface area contributed by atoms with E-state index in [1.807, 2.05) is 23.1 Å². The first kappa shape index (κ1) is 18.5. The molecule has 7 nitrogen and oxygen atoms in total. The van der Waals surface area contributed by atoms with Gasteiger partial charge in [0.2, 0.25) is 5.91 Å².